The van der Waals surface area contributed by atoms with Crippen LogP contribution in [-0.4, -0.2) is 17.0 Å². The second kappa shape index (κ2) is 7.07. The van der Waals surface area contributed by atoms with Crippen molar-refractivity contribution in [3.05, 3.63) is 38.8 Å². The molecule has 2 aromatic rings. The largest absolute Gasteiger partial charge is 0.479 e. The van der Waals surface area contributed by atoms with Gasteiger partial charge in [-0.2, -0.15) is 0 Å². The lowest BCUT2D eigenvalue weighted by Gasteiger charge is -2.14. The molecular weight excluding hydrogens is 355 g/mol. The summed E-state index contributed by atoms with van der Waals surface area (Å²) < 4.78 is 5.61. The maximum absolute atomic E-state index is 12.3. The van der Waals surface area contributed by atoms with Crippen LogP contribution in [0.5, 0.6) is 5.75 Å². The quantitative estimate of drug-likeness (QED) is 0.845. The third kappa shape index (κ3) is 3.97. The van der Waals surface area contributed by atoms with Crippen LogP contribution in [0, 0.1) is 0 Å². The number of rotatable bonds is 4. The van der Waals surface area contributed by atoms with Crippen LogP contribution in [-0.2, 0) is 17.6 Å². The smallest absolute Gasteiger partial charge is 0.266 e. The lowest BCUT2D eigenvalue weighted by molar-refractivity contribution is -0.122. The van der Waals surface area contributed by atoms with Crippen molar-refractivity contribution in [2.45, 2.75) is 38.7 Å². The van der Waals surface area contributed by atoms with Gasteiger partial charge in [0.05, 0.1) is 10.7 Å². The Hall–Kier alpha value is -1.30. The number of ether oxygens (including phenoxy) is 1. The van der Waals surface area contributed by atoms with Gasteiger partial charge in [-0.15, -0.1) is 11.3 Å². The standard InChI is InChI=1S/C16H16Cl2N2O2S/c1-9(22-13-7-6-10(17)8-11(13)18)15(21)20-16-19-12-4-2-3-5-14(12)23-16/h6-9H,2-5H2,1H3,(H,19,20,21). The number of thiazole rings is 1. The van der Waals surface area contributed by atoms with E-state index in [1.54, 1.807) is 36.5 Å². The number of carbonyl (C=O) groups excluding carboxylic acids is 1. The molecular formula is C16H16Cl2N2O2S. The average molecular weight is 371 g/mol. The van der Waals surface area contributed by atoms with E-state index in [2.05, 4.69) is 10.3 Å². The van der Waals surface area contributed by atoms with Gasteiger partial charge in [-0.1, -0.05) is 23.2 Å². The monoisotopic (exact) mass is 370 g/mol. The highest BCUT2D eigenvalue weighted by atomic mass is 35.5. The summed E-state index contributed by atoms with van der Waals surface area (Å²) in [7, 11) is 0. The molecule has 0 spiro atoms. The molecule has 0 radical (unpaired) electrons. The Bertz CT molecular complexity index is 709. The summed E-state index contributed by atoms with van der Waals surface area (Å²) in [6, 6.07) is 4.90. The van der Waals surface area contributed by atoms with E-state index in [-0.39, 0.29) is 5.91 Å². The van der Waals surface area contributed by atoms with Gasteiger partial charge in [0.25, 0.3) is 5.91 Å². The van der Waals surface area contributed by atoms with Gasteiger partial charge >= 0.3 is 0 Å². The maximum Gasteiger partial charge on any atom is 0.266 e. The van der Waals surface area contributed by atoms with Crippen LogP contribution in [0.4, 0.5) is 5.13 Å². The first-order valence-corrected chi connectivity index (χ1v) is 9.01. The van der Waals surface area contributed by atoms with E-state index in [4.69, 9.17) is 27.9 Å². The van der Waals surface area contributed by atoms with E-state index in [1.165, 1.54) is 17.7 Å². The molecule has 0 saturated carbocycles. The number of nitrogens with one attached hydrogen (secondary N) is 1. The summed E-state index contributed by atoms with van der Waals surface area (Å²) in [6.07, 6.45) is 3.72. The van der Waals surface area contributed by atoms with Crippen molar-refractivity contribution < 1.29 is 9.53 Å². The zero-order chi connectivity index (χ0) is 16.4. The van der Waals surface area contributed by atoms with Crippen molar-refractivity contribution in [2.75, 3.05) is 5.32 Å². The molecule has 1 aromatic carbocycles. The number of benzene rings is 1. The zero-order valence-corrected chi connectivity index (χ0v) is 14.9. The van der Waals surface area contributed by atoms with Gasteiger partial charge < -0.3 is 4.74 Å². The van der Waals surface area contributed by atoms with Crippen LogP contribution in [0.2, 0.25) is 10.0 Å². The molecule has 1 amide bonds. The van der Waals surface area contributed by atoms with Crippen molar-refractivity contribution in [2.24, 2.45) is 0 Å². The molecule has 0 fully saturated rings. The Kier molecular flexibility index (Phi) is 5.09. The minimum absolute atomic E-state index is 0.248. The molecule has 1 aromatic heterocycles. The maximum atomic E-state index is 12.3. The summed E-state index contributed by atoms with van der Waals surface area (Å²) in [5.74, 6) is 0.180. The SMILES string of the molecule is CC(Oc1ccc(Cl)cc1Cl)C(=O)Nc1nc2c(s1)CCCC2. The van der Waals surface area contributed by atoms with Crippen molar-refractivity contribution >= 4 is 45.6 Å². The molecule has 1 N–H and O–H groups in total. The number of carbonyl (C=O) groups is 1. The van der Waals surface area contributed by atoms with Crippen molar-refractivity contribution in [1.29, 1.82) is 0 Å². The zero-order valence-electron chi connectivity index (χ0n) is 12.6. The molecule has 1 aliphatic rings. The first kappa shape index (κ1) is 16.6. The van der Waals surface area contributed by atoms with E-state index >= 15 is 0 Å². The molecule has 7 heteroatoms. The molecule has 1 unspecified atom stereocenters. The predicted octanol–water partition coefficient (Wildman–Crippen LogP) is 4.73. The second-order valence-corrected chi connectivity index (χ2v) is 7.35. The lowest BCUT2D eigenvalue weighted by atomic mass is 10.0. The number of amides is 1. The molecule has 4 nitrogen and oxygen atoms in total. The van der Waals surface area contributed by atoms with Crippen LogP contribution >= 0.6 is 34.5 Å². The van der Waals surface area contributed by atoms with Gasteiger partial charge in [0.2, 0.25) is 0 Å². The Balaban J connectivity index is 1.64. The molecule has 1 aliphatic carbocycles. The highest BCUT2D eigenvalue weighted by molar-refractivity contribution is 7.15. The second-order valence-electron chi connectivity index (χ2n) is 5.42. The summed E-state index contributed by atoms with van der Waals surface area (Å²) in [5, 5.41) is 4.36. The number of hydrogen-bond donors (Lipinski definition) is 1. The van der Waals surface area contributed by atoms with Crippen molar-refractivity contribution in [1.82, 2.24) is 4.98 Å². The normalized spacial score (nSPS) is 14.9. The Labute approximate surface area is 148 Å². The number of halogens is 2. The molecule has 122 valence electrons. The fraction of sp³-hybridized carbons (Fsp3) is 0.375. The number of nitrogens with zero attached hydrogens (tertiary/aromatic N) is 1. The minimum atomic E-state index is -0.686. The molecule has 0 bridgehead atoms. The Morgan fingerprint density at radius 2 is 2.13 bits per heavy atom. The minimum Gasteiger partial charge on any atom is -0.479 e. The summed E-state index contributed by atoms with van der Waals surface area (Å²) in [4.78, 5) is 18.0. The number of aryl methyl sites for hydroxylation is 2. The highest BCUT2D eigenvalue weighted by Gasteiger charge is 2.20. The van der Waals surface area contributed by atoms with E-state index in [9.17, 15) is 4.79 Å². The number of aromatic nitrogens is 1. The van der Waals surface area contributed by atoms with Crippen LogP contribution in [0.3, 0.4) is 0 Å². The van der Waals surface area contributed by atoms with Gasteiger partial charge in [0.1, 0.15) is 5.75 Å². The predicted molar refractivity (Wildman–Crippen MR) is 93.9 cm³/mol. The first-order chi connectivity index (χ1) is 11.0. The van der Waals surface area contributed by atoms with Gasteiger partial charge in [-0.25, -0.2) is 4.98 Å². The van der Waals surface area contributed by atoms with E-state index in [0.29, 0.717) is 20.9 Å². The van der Waals surface area contributed by atoms with E-state index in [0.717, 1.165) is 18.5 Å². The lowest BCUT2D eigenvalue weighted by Crippen LogP contribution is -2.30. The average Bonchev–Trinajstić information content (AvgIpc) is 2.92. The molecule has 23 heavy (non-hydrogen) atoms. The van der Waals surface area contributed by atoms with Crippen LogP contribution in [0.15, 0.2) is 18.2 Å². The number of fused-ring (bicyclic) bond motifs is 1. The van der Waals surface area contributed by atoms with Crippen LogP contribution in [0.25, 0.3) is 0 Å². The Morgan fingerprint density at radius 3 is 2.87 bits per heavy atom. The fourth-order valence-electron chi connectivity index (χ4n) is 2.43. The van der Waals surface area contributed by atoms with Crippen LogP contribution in [0.1, 0.15) is 30.3 Å². The van der Waals surface area contributed by atoms with Gasteiger partial charge in [0.15, 0.2) is 11.2 Å². The molecule has 1 heterocycles. The van der Waals surface area contributed by atoms with Crippen LogP contribution < -0.4 is 10.1 Å². The van der Waals surface area contributed by atoms with Gasteiger partial charge in [-0.05, 0) is 50.8 Å². The number of hydrogen-bond acceptors (Lipinski definition) is 4. The number of anilines is 1. The highest BCUT2D eigenvalue weighted by Crippen LogP contribution is 2.30. The van der Waals surface area contributed by atoms with Gasteiger partial charge in [-0.3, -0.25) is 10.1 Å². The first-order valence-electron chi connectivity index (χ1n) is 7.44. The molecule has 0 saturated heterocycles. The molecule has 0 aliphatic heterocycles. The van der Waals surface area contributed by atoms with E-state index in [1.807, 2.05) is 0 Å². The topological polar surface area (TPSA) is 51.2 Å². The molecule has 3 rings (SSSR count). The van der Waals surface area contributed by atoms with Crippen molar-refractivity contribution in [3.8, 4) is 5.75 Å². The Morgan fingerprint density at radius 1 is 1.35 bits per heavy atom. The molecule has 1 atom stereocenters. The van der Waals surface area contributed by atoms with Gasteiger partial charge in [0, 0.05) is 9.90 Å². The third-order valence-electron chi connectivity index (χ3n) is 3.64. The van der Waals surface area contributed by atoms with E-state index < -0.39 is 6.10 Å². The summed E-state index contributed by atoms with van der Waals surface area (Å²) >= 11 is 13.5. The third-order valence-corrected chi connectivity index (χ3v) is 5.25. The van der Waals surface area contributed by atoms with Crippen molar-refractivity contribution in [3.63, 3.8) is 0 Å². The summed E-state index contributed by atoms with van der Waals surface area (Å²) in [5.41, 5.74) is 1.12. The fourth-order valence-corrected chi connectivity index (χ4v) is 3.93. The summed E-state index contributed by atoms with van der Waals surface area (Å²) in [6.45, 7) is 1.67.